The molecule has 0 aromatic rings. The fourth-order valence-electron chi connectivity index (χ4n) is 3.94. The van der Waals surface area contributed by atoms with Crippen LogP contribution in [0.2, 0.25) is 0 Å². The molecule has 1 saturated carbocycles. The molecule has 0 atom stereocenters. The molecule has 2 aliphatic rings. The molecular weight excluding hydrogens is 234 g/mol. The minimum Gasteiger partial charge on any atom is -0.381 e. The van der Waals surface area contributed by atoms with Gasteiger partial charge in [-0.05, 0) is 55.9 Å². The van der Waals surface area contributed by atoms with Gasteiger partial charge in [0.25, 0.3) is 0 Å². The summed E-state index contributed by atoms with van der Waals surface area (Å²) < 4.78 is 5.52. The highest BCUT2D eigenvalue weighted by Crippen LogP contribution is 2.42. The van der Waals surface area contributed by atoms with Crippen molar-refractivity contribution in [3.05, 3.63) is 0 Å². The first kappa shape index (κ1) is 15.3. The van der Waals surface area contributed by atoms with Crippen molar-refractivity contribution in [2.75, 3.05) is 26.3 Å². The summed E-state index contributed by atoms with van der Waals surface area (Å²) in [6.07, 6.45) is 11.3. The maximum atomic E-state index is 5.52. The van der Waals surface area contributed by atoms with Crippen molar-refractivity contribution in [1.29, 1.82) is 0 Å². The molecule has 112 valence electrons. The fraction of sp³-hybridized carbons (Fsp3) is 1.00. The van der Waals surface area contributed by atoms with E-state index < -0.39 is 0 Å². The number of hydrogen-bond acceptors (Lipinski definition) is 2. The van der Waals surface area contributed by atoms with Gasteiger partial charge in [-0.25, -0.2) is 0 Å². The summed E-state index contributed by atoms with van der Waals surface area (Å²) in [4.78, 5) is 0. The molecule has 19 heavy (non-hydrogen) atoms. The van der Waals surface area contributed by atoms with Gasteiger partial charge in [-0.15, -0.1) is 0 Å². The summed E-state index contributed by atoms with van der Waals surface area (Å²) in [5.41, 5.74) is 0.606. The highest BCUT2D eigenvalue weighted by molar-refractivity contribution is 4.87. The van der Waals surface area contributed by atoms with Crippen molar-refractivity contribution in [1.82, 2.24) is 5.32 Å². The normalized spacial score (nSPS) is 24.8. The van der Waals surface area contributed by atoms with Crippen LogP contribution in [0.4, 0.5) is 0 Å². The van der Waals surface area contributed by atoms with Crippen molar-refractivity contribution in [2.24, 2.45) is 17.3 Å². The van der Waals surface area contributed by atoms with Crippen LogP contribution in [0.5, 0.6) is 0 Å². The highest BCUT2D eigenvalue weighted by atomic mass is 16.5. The van der Waals surface area contributed by atoms with Crippen LogP contribution >= 0.6 is 0 Å². The smallest absolute Gasteiger partial charge is 0.0468 e. The Hall–Kier alpha value is -0.0800. The van der Waals surface area contributed by atoms with Crippen molar-refractivity contribution >= 4 is 0 Å². The van der Waals surface area contributed by atoms with Gasteiger partial charge in [0, 0.05) is 19.8 Å². The van der Waals surface area contributed by atoms with Gasteiger partial charge < -0.3 is 10.1 Å². The van der Waals surface area contributed by atoms with Crippen LogP contribution in [0.25, 0.3) is 0 Å². The van der Waals surface area contributed by atoms with Gasteiger partial charge in [-0.3, -0.25) is 0 Å². The molecule has 0 aromatic carbocycles. The molecule has 1 aliphatic carbocycles. The van der Waals surface area contributed by atoms with Gasteiger partial charge >= 0.3 is 0 Å². The lowest BCUT2D eigenvalue weighted by Crippen LogP contribution is -2.39. The van der Waals surface area contributed by atoms with Crippen LogP contribution in [-0.2, 0) is 4.74 Å². The largest absolute Gasteiger partial charge is 0.381 e. The van der Waals surface area contributed by atoms with E-state index >= 15 is 0 Å². The van der Waals surface area contributed by atoms with Gasteiger partial charge in [-0.2, -0.15) is 0 Å². The summed E-state index contributed by atoms with van der Waals surface area (Å²) in [7, 11) is 0. The van der Waals surface area contributed by atoms with Crippen molar-refractivity contribution in [3.8, 4) is 0 Å². The van der Waals surface area contributed by atoms with Crippen LogP contribution < -0.4 is 5.32 Å². The molecule has 1 heterocycles. The van der Waals surface area contributed by atoms with Gasteiger partial charge in [0.05, 0.1) is 0 Å². The molecule has 2 nitrogen and oxygen atoms in total. The molecule has 0 bridgehead atoms. The monoisotopic (exact) mass is 267 g/mol. The lowest BCUT2D eigenvalue weighted by atomic mass is 9.68. The first-order chi connectivity index (χ1) is 9.20. The summed E-state index contributed by atoms with van der Waals surface area (Å²) in [6.45, 7) is 9.04. The second-order valence-electron chi connectivity index (χ2n) is 7.35. The highest BCUT2D eigenvalue weighted by Gasteiger charge is 2.34. The molecule has 1 N–H and O–H groups in total. The standard InChI is InChI=1S/C17H33NO/c1-15(2)13-18-14-17(8-4-3-5-9-17)12-16-6-10-19-11-7-16/h15-16,18H,3-14H2,1-2H3. The van der Waals surface area contributed by atoms with E-state index in [1.165, 1.54) is 64.5 Å². The maximum absolute atomic E-state index is 5.52. The zero-order chi connectivity index (χ0) is 13.6. The van der Waals surface area contributed by atoms with Crippen LogP contribution in [-0.4, -0.2) is 26.3 Å². The quantitative estimate of drug-likeness (QED) is 0.785. The van der Waals surface area contributed by atoms with E-state index in [-0.39, 0.29) is 0 Å². The second-order valence-corrected chi connectivity index (χ2v) is 7.35. The van der Waals surface area contributed by atoms with E-state index in [2.05, 4.69) is 19.2 Å². The topological polar surface area (TPSA) is 21.3 Å². The van der Waals surface area contributed by atoms with E-state index in [9.17, 15) is 0 Å². The maximum Gasteiger partial charge on any atom is 0.0468 e. The molecule has 0 amide bonds. The molecule has 0 spiro atoms. The third kappa shape index (κ3) is 5.07. The Bertz CT molecular complexity index is 240. The summed E-state index contributed by atoms with van der Waals surface area (Å²) in [5.74, 6) is 1.69. The lowest BCUT2D eigenvalue weighted by Gasteiger charge is -2.41. The number of nitrogens with one attached hydrogen (secondary N) is 1. The molecule has 0 unspecified atom stereocenters. The van der Waals surface area contributed by atoms with E-state index in [1.54, 1.807) is 0 Å². The van der Waals surface area contributed by atoms with Crippen molar-refractivity contribution in [3.63, 3.8) is 0 Å². The summed E-state index contributed by atoms with van der Waals surface area (Å²) in [5, 5.41) is 3.75. The Labute approximate surface area is 119 Å². The molecule has 1 saturated heterocycles. The Kier molecular flexibility index (Phi) is 6.15. The number of ether oxygens (including phenoxy) is 1. The summed E-state index contributed by atoms with van der Waals surface area (Å²) >= 11 is 0. The summed E-state index contributed by atoms with van der Waals surface area (Å²) in [6, 6.07) is 0. The van der Waals surface area contributed by atoms with E-state index in [0.717, 1.165) is 25.0 Å². The number of hydrogen-bond donors (Lipinski definition) is 1. The lowest BCUT2D eigenvalue weighted by molar-refractivity contribution is 0.0372. The van der Waals surface area contributed by atoms with Crippen LogP contribution in [0.1, 0.15) is 65.2 Å². The van der Waals surface area contributed by atoms with E-state index in [4.69, 9.17) is 4.74 Å². The molecule has 2 fully saturated rings. The van der Waals surface area contributed by atoms with Gasteiger partial charge in [-0.1, -0.05) is 33.1 Å². The average Bonchev–Trinajstić information content (AvgIpc) is 2.40. The van der Waals surface area contributed by atoms with Crippen molar-refractivity contribution < 1.29 is 4.74 Å². The Morgan fingerprint density at radius 2 is 1.79 bits per heavy atom. The Balaban J connectivity index is 1.85. The zero-order valence-corrected chi connectivity index (χ0v) is 13.0. The zero-order valence-electron chi connectivity index (χ0n) is 13.0. The van der Waals surface area contributed by atoms with Gasteiger partial charge in [0.2, 0.25) is 0 Å². The fourth-order valence-corrected chi connectivity index (χ4v) is 3.94. The molecular formula is C17H33NO. The SMILES string of the molecule is CC(C)CNCC1(CC2CCOCC2)CCCCC1. The number of rotatable bonds is 6. The third-order valence-corrected chi connectivity index (χ3v) is 5.03. The Morgan fingerprint density at radius 1 is 1.11 bits per heavy atom. The first-order valence-corrected chi connectivity index (χ1v) is 8.49. The van der Waals surface area contributed by atoms with Crippen LogP contribution in [0, 0.1) is 17.3 Å². The molecule has 2 heteroatoms. The van der Waals surface area contributed by atoms with Crippen LogP contribution in [0.15, 0.2) is 0 Å². The van der Waals surface area contributed by atoms with Crippen LogP contribution in [0.3, 0.4) is 0 Å². The van der Waals surface area contributed by atoms with Crippen molar-refractivity contribution in [2.45, 2.75) is 65.2 Å². The predicted octanol–water partition coefficient (Wildman–Crippen LogP) is 4.00. The predicted molar refractivity (Wildman–Crippen MR) is 81.4 cm³/mol. The second kappa shape index (κ2) is 7.64. The minimum absolute atomic E-state index is 0.606. The molecule has 0 radical (unpaired) electrons. The van der Waals surface area contributed by atoms with E-state index in [1.807, 2.05) is 0 Å². The Morgan fingerprint density at radius 3 is 2.42 bits per heavy atom. The van der Waals surface area contributed by atoms with Gasteiger partial charge in [0.1, 0.15) is 0 Å². The first-order valence-electron chi connectivity index (χ1n) is 8.49. The minimum atomic E-state index is 0.606. The molecule has 2 rings (SSSR count). The molecule has 1 aliphatic heterocycles. The third-order valence-electron chi connectivity index (χ3n) is 5.03. The average molecular weight is 267 g/mol. The van der Waals surface area contributed by atoms with E-state index in [0.29, 0.717) is 5.41 Å². The van der Waals surface area contributed by atoms with Gasteiger partial charge in [0.15, 0.2) is 0 Å². The molecule has 0 aromatic heterocycles.